The van der Waals surface area contributed by atoms with Crippen molar-refractivity contribution < 1.29 is 4.79 Å². The van der Waals surface area contributed by atoms with Gasteiger partial charge >= 0.3 is 0 Å². The summed E-state index contributed by atoms with van der Waals surface area (Å²) >= 11 is 3.35. The van der Waals surface area contributed by atoms with Crippen molar-refractivity contribution >= 4 is 21.7 Å². The van der Waals surface area contributed by atoms with Gasteiger partial charge < -0.3 is 4.90 Å². The highest BCUT2D eigenvalue weighted by Gasteiger charge is 2.15. The number of halogens is 1. The molecule has 1 aromatic carbocycles. The molecular weight excluding hydrogens is 254 g/mol. The van der Waals surface area contributed by atoms with Crippen LogP contribution in [0, 0.1) is 5.92 Å². The first-order valence-electron chi connectivity index (χ1n) is 4.95. The largest absolute Gasteiger partial charge is 0.309 e. The standard InChI is InChI=1S/C12H16BrNO/c1-9(8-14(2)3)12(15)10-4-6-11(13)7-5-10/h4-7,9H,8H2,1-3H3. The molecule has 82 valence electrons. The number of carbonyl (C=O) groups is 1. The van der Waals surface area contributed by atoms with E-state index in [9.17, 15) is 4.79 Å². The molecule has 1 rings (SSSR count). The highest BCUT2D eigenvalue weighted by Crippen LogP contribution is 2.14. The molecule has 0 spiro atoms. The monoisotopic (exact) mass is 269 g/mol. The van der Waals surface area contributed by atoms with Gasteiger partial charge in [-0.2, -0.15) is 0 Å². The maximum atomic E-state index is 11.9. The minimum absolute atomic E-state index is 0.0428. The summed E-state index contributed by atoms with van der Waals surface area (Å²) in [7, 11) is 3.96. The highest BCUT2D eigenvalue weighted by atomic mass is 79.9. The van der Waals surface area contributed by atoms with Crippen molar-refractivity contribution in [1.29, 1.82) is 0 Å². The molecule has 0 aliphatic rings. The van der Waals surface area contributed by atoms with E-state index in [4.69, 9.17) is 0 Å². The molecular formula is C12H16BrNO. The van der Waals surface area contributed by atoms with Crippen LogP contribution in [-0.2, 0) is 0 Å². The summed E-state index contributed by atoms with van der Waals surface area (Å²) in [4.78, 5) is 14.0. The Kier molecular flexibility index (Phi) is 4.48. The predicted octanol–water partition coefficient (Wildman–Crippen LogP) is 2.83. The van der Waals surface area contributed by atoms with E-state index in [1.807, 2.05) is 50.2 Å². The van der Waals surface area contributed by atoms with Crippen LogP contribution in [0.1, 0.15) is 17.3 Å². The summed E-state index contributed by atoms with van der Waals surface area (Å²) in [6.07, 6.45) is 0. The SMILES string of the molecule is CC(CN(C)C)C(=O)c1ccc(Br)cc1. The van der Waals surface area contributed by atoms with Gasteiger partial charge in [-0.1, -0.05) is 35.0 Å². The number of nitrogens with zero attached hydrogens (tertiary/aromatic N) is 1. The van der Waals surface area contributed by atoms with Crippen LogP contribution < -0.4 is 0 Å². The van der Waals surface area contributed by atoms with Crippen LogP contribution >= 0.6 is 15.9 Å². The van der Waals surface area contributed by atoms with E-state index < -0.39 is 0 Å². The molecule has 0 aromatic heterocycles. The van der Waals surface area contributed by atoms with E-state index in [0.717, 1.165) is 16.6 Å². The van der Waals surface area contributed by atoms with Crippen LogP contribution in [0.15, 0.2) is 28.7 Å². The fraction of sp³-hybridized carbons (Fsp3) is 0.417. The van der Waals surface area contributed by atoms with Gasteiger partial charge in [-0.05, 0) is 26.2 Å². The van der Waals surface area contributed by atoms with Gasteiger partial charge in [0.15, 0.2) is 5.78 Å². The number of ketones is 1. The predicted molar refractivity (Wildman–Crippen MR) is 66.2 cm³/mol. The molecule has 0 bridgehead atoms. The third kappa shape index (κ3) is 3.76. The zero-order valence-electron chi connectivity index (χ0n) is 9.33. The average Bonchev–Trinajstić information content (AvgIpc) is 2.17. The van der Waals surface area contributed by atoms with Gasteiger partial charge in [0.2, 0.25) is 0 Å². The average molecular weight is 270 g/mol. The van der Waals surface area contributed by atoms with Crippen LogP contribution in [0.2, 0.25) is 0 Å². The smallest absolute Gasteiger partial charge is 0.166 e. The van der Waals surface area contributed by atoms with Crippen molar-refractivity contribution in [2.45, 2.75) is 6.92 Å². The van der Waals surface area contributed by atoms with Crippen LogP contribution in [0.3, 0.4) is 0 Å². The highest BCUT2D eigenvalue weighted by molar-refractivity contribution is 9.10. The summed E-state index contributed by atoms with van der Waals surface area (Å²) in [5.41, 5.74) is 0.785. The summed E-state index contributed by atoms with van der Waals surface area (Å²) in [6, 6.07) is 7.52. The first-order valence-corrected chi connectivity index (χ1v) is 5.74. The minimum atomic E-state index is 0.0428. The maximum Gasteiger partial charge on any atom is 0.166 e. The number of carbonyl (C=O) groups excluding carboxylic acids is 1. The Morgan fingerprint density at radius 2 is 1.87 bits per heavy atom. The third-order valence-corrected chi connectivity index (χ3v) is 2.74. The molecule has 0 aliphatic heterocycles. The van der Waals surface area contributed by atoms with Crippen LogP contribution in [0.4, 0.5) is 0 Å². The minimum Gasteiger partial charge on any atom is -0.309 e. The number of hydrogen-bond acceptors (Lipinski definition) is 2. The zero-order chi connectivity index (χ0) is 11.4. The first-order chi connectivity index (χ1) is 7.00. The lowest BCUT2D eigenvalue weighted by atomic mass is 9.99. The van der Waals surface area contributed by atoms with E-state index >= 15 is 0 Å². The van der Waals surface area contributed by atoms with Crippen molar-refractivity contribution in [1.82, 2.24) is 4.90 Å². The Balaban J connectivity index is 2.72. The number of rotatable bonds is 4. The van der Waals surface area contributed by atoms with E-state index in [2.05, 4.69) is 15.9 Å². The molecule has 0 fully saturated rings. The lowest BCUT2D eigenvalue weighted by Crippen LogP contribution is -2.25. The molecule has 1 unspecified atom stereocenters. The number of benzene rings is 1. The van der Waals surface area contributed by atoms with Crippen LogP contribution in [-0.4, -0.2) is 31.3 Å². The Labute approximate surface area is 99.4 Å². The third-order valence-electron chi connectivity index (χ3n) is 2.22. The van der Waals surface area contributed by atoms with Crippen LogP contribution in [0.5, 0.6) is 0 Å². The van der Waals surface area contributed by atoms with Crippen LogP contribution in [0.25, 0.3) is 0 Å². The summed E-state index contributed by atoms with van der Waals surface area (Å²) in [6.45, 7) is 2.75. The van der Waals surface area contributed by atoms with Gasteiger partial charge in [0.25, 0.3) is 0 Å². The molecule has 1 atom stereocenters. The number of Topliss-reactive ketones (excluding diaryl/α,β-unsaturated/α-hetero) is 1. The summed E-state index contributed by atoms with van der Waals surface area (Å²) in [5.74, 6) is 0.248. The second-order valence-electron chi connectivity index (χ2n) is 4.03. The van der Waals surface area contributed by atoms with E-state index in [1.54, 1.807) is 0 Å². The molecule has 0 amide bonds. The molecule has 2 nitrogen and oxygen atoms in total. The van der Waals surface area contributed by atoms with Crippen molar-refractivity contribution in [3.05, 3.63) is 34.3 Å². The topological polar surface area (TPSA) is 20.3 Å². The first kappa shape index (κ1) is 12.4. The van der Waals surface area contributed by atoms with E-state index in [1.165, 1.54) is 0 Å². The second-order valence-corrected chi connectivity index (χ2v) is 4.95. The van der Waals surface area contributed by atoms with Gasteiger partial charge in [0.05, 0.1) is 0 Å². The van der Waals surface area contributed by atoms with Crippen molar-refractivity contribution in [2.24, 2.45) is 5.92 Å². The lowest BCUT2D eigenvalue weighted by molar-refractivity contribution is 0.0910. The molecule has 0 heterocycles. The fourth-order valence-corrected chi connectivity index (χ4v) is 1.79. The second kappa shape index (κ2) is 5.42. The quantitative estimate of drug-likeness (QED) is 0.784. The van der Waals surface area contributed by atoms with Crippen molar-refractivity contribution in [3.63, 3.8) is 0 Å². The molecule has 0 saturated heterocycles. The van der Waals surface area contributed by atoms with Gasteiger partial charge in [0.1, 0.15) is 0 Å². The molecule has 0 N–H and O–H groups in total. The number of hydrogen-bond donors (Lipinski definition) is 0. The van der Waals surface area contributed by atoms with Gasteiger partial charge in [-0.3, -0.25) is 4.79 Å². The molecule has 1 aromatic rings. The van der Waals surface area contributed by atoms with Gasteiger partial charge in [-0.25, -0.2) is 0 Å². The zero-order valence-corrected chi connectivity index (χ0v) is 10.9. The van der Waals surface area contributed by atoms with Crippen molar-refractivity contribution in [3.8, 4) is 0 Å². The Morgan fingerprint density at radius 1 is 1.33 bits per heavy atom. The molecule has 3 heteroatoms. The van der Waals surface area contributed by atoms with Gasteiger partial charge in [0, 0.05) is 22.5 Å². The molecule has 15 heavy (non-hydrogen) atoms. The molecule has 0 saturated carbocycles. The maximum absolute atomic E-state index is 11.9. The van der Waals surface area contributed by atoms with E-state index in [-0.39, 0.29) is 11.7 Å². The summed E-state index contributed by atoms with van der Waals surface area (Å²) < 4.78 is 0.999. The Bertz CT molecular complexity index is 332. The van der Waals surface area contributed by atoms with Gasteiger partial charge in [-0.15, -0.1) is 0 Å². The fourth-order valence-electron chi connectivity index (χ4n) is 1.53. The summed E-state index contributed by atoms with van der Waals surface area (Å²) in [5, 5.41) is 0. The van der Waals surface area contributed by atoms with E-state index in [0.29, 0.717) is 0 Å². The Hall–Kier alpha value is -0.670. The Morgan fingerprint density at radius 3 is 2.33 bits per heavy atom. The lowest BCUT2D eigenvalue weighted by Gasteiger charge is -2.15. The van der Waals surface area contributed by atoms with Crippen molar-refractivity contribution in [2.75, 3.05) is 20.6 Å². The molecule has 0 aliphatic carbocycles. The normalized spacial score (nSPS) is 12.9. The molecule has 0 radical (unpaired) electrons.